The molecule has 3 aromatic carbocycles. The van der Waals surface area contributed by atoms with E-state index >= 15 is 0 Å². The van der Waals surface area contributed by atoms with Crippen LogP contribution in [0.5, 0.6) is 0 Å². The predicted octanol–water partition coefficient (Wildman–Crippen LogP) is 4.83. The largest absolute Gasteiger partial charge is 0.379 e. The highest BCUT2D eigenvalue weighted by Crippen LogP contribution is 2.47. The van der Waals surface area contributed by atoms with Crippen LogP contribution < -0.4 is 0 Å². The predicted molar refractivity (Wildman–Crippen MR) is 124 cm³/mol. The molecule has 0 spiro atoms. The van der Waals surface area contributed by atoms with E-state index in [1.54, 1.807) is 0 Å². The van der Waals surface area contributed by atoms with Crippen LogP contribution in [0.15, 0.2) is 78.9 Å². The number of hydrogen-bond donors (Lipinski definition) is 1. The lowest BCUT2D eigenvalue weighted by atomic mass is 9.75. The number of benzene rings is 3. The summed E-state index contributed by atoms with van der Waals surface area (Å²) >= 11 is 0. The number of ether oxygens (including phenoxy) is 1. The molecule has 1 unspecified atom stereocenters. The van der Waals surface area contributed by atoms with Crippen LogP contribution >= 0.6 is 0 Å². The summed E-state index contributed by atoms with van der Waals surface area (Å²) < 4.78 is 6.63. The maximum Gasteiger partial charge on any atom is 0.133 e. The van der Waals surface area contributed by atoms with E-state index < -0.39 is 5.60 Å². The van der Waals surface area contributed by atoms with E-state index in [1.165, 1.54) is 16.7 Å². The SMILES string of the molecule is Cc1cc(C)cc(CO[C@@H]2[C@H]3CCN(C3)[C@@H]2C(O)(c2ccccc2)c2ccccc2)c1. The fourth-order valence-electron chi connectivity index (χ4n) is 5.77. The molecule has 160 valence electrons. The summed E-state index contributed by atoms with van der Waals surface area (Å²) in [4.78, 5) is 2.44. The van der Waals surface area contributed by atoms with Gasteiger partial charge >= 0.3 is 0 Å². The first-order chi connectivity index (χ1) is 15.1. The molecule has 4 atom stereocenters. The molecule has 0 saturated carbocycles. The van der Waals surface area contributed by atoms with E-state index in [1.807, 2.05) is 60.7 Å². The first-order valence-electron chi connectivity index (χ1n) is 11.3. The second-order valence-electron chi connectivity index (χ2n) is 9.26. The van der Waals surface area contributed by atoms with Crippen molar-refractivity contribution >= 4 is 0 Å². The highest BCUT2D eigenvalue weighted by atomic mass is 16.5. The van der Waals surface area contributed by atoms with Gasteiger partial charge in [-0.25, -0.2) is 0 Å². The summed E-state index contributed by atoms with van der Waals surface area (Å²) in [6.45, 7) is 6.84. The van der Waals surface area contributed by atoms with Crippen LogP contribution in [0.2, 0.25) is 0 Å². The molecule has 2 saturated heterocycles. The fraction of sp³-hybridized carbons (Fsp3) is 0.357. The van der Waals surface area contributed by atoms with E-state index in [9.17, 15) is 5.11 Å². The molecule has 2 bridgehead atoms. The van der Waals surface area contributed by atoms with Crippen LogP contribution in [0.1, 0.15) is 34.2 Å². The lowest BCUT2D eigenvalue weighted by Gasteiger charge is -2.44. The van der Waals surface area contributed by atoms with Crippen LogP contribution in [0.25, 0.3) is 0 Å². The highest BCUT2D eigenvalue weighted by molar-refractivity contribution is 5.40. The minimum Gasteiger partial charge on any atom is -0.379 e. The lowest BCUT2D eigenvalue weighted by molar-refractivity contribution is -0.0946. The Morgan fingerprint density at radius 2 is 1.48 bits per heavy atom. The molecule has 0 amide bonds. The Hall–Kier alpha value is -2.46. The normalized spacial score (nSPS) is 25.1. The molecular formula is C28H31NO2. The van der Waals surface area contributed by atoms with E-state index in [0.717, 1.165) is 30.6 Å². The molecular weight excluding hydrogens is 382 g/mol. The first kappa shape index (κ1) is 20.4. The average Bonchev–Trinajstić information content (AvgIpc) is 3.40. The van der Waals surface area contributed by atoms with Gasteiger partial charge in [0.15, 0.2) is 0 Å². The first-order valence-corrected chi connectivity index (χ1v) is 11.3. The summed E-state index contributed by atoms with van der Waals surface area (Å²) in [7, 11) is 0. The third kappa shape index (κ3) is 3.71. The van der Waals surface area contributed by atoms with Crippen molar-refractivity contribution in [3.8, 4) is 0 Å². The summed E-state index contributed by atoms with van der Waals surface area (Å²) in [5.74, 6) is 0.454. The molecule has 3 nitrogen and oxygen atoms in total. The number of fused-ring (bicyclic) bond motifs is 2. The molecule has 3 heteroatoms. The number of aliphatic hydroxyl groups is 1. The second-order valence-corrected chi connectivity index (χ2v) is 9.26. The lowest BCUT2D eigenvalue weighted by Crippen LogP contribution is -2.55. The van der Waals surface area contributed by atoms with Crippen LogP contribution in [0.4, 0.5) is 0 Å². The molecule has 1 N–H and O–H groups in total. The zero-order valence-electron chi connectivity index (χ0n) is 18.4. The van der Waals surface area contributed by atoms with Gasteiger partial charge in [-0.05, 0) is 43.5 Å². The highest BCUT2D eigenvalue weighted by Gasteiger charge is 2.57. The third-order valence-corrected chi connectivity index (χ3v) is 7.01. The minimum absolute atomic E-state index is 0.0139. The van der Waals surface area contributed by atoms with E-state index in [0.29, 0.717) is 12.5 Å². The molecule has 3 aromatic rings. The maximum absolute atomic E-state index is 12.4. The zero-order valence-corrected chi connectivity index (χ0v) is 18.4. The summed E-state index contributed by atoms with van der Waals surface area (Å²) in [5, 5.41) is 12.4. The van der Waals surface area contributed by atoms with Gasteiger partial charge < -0.3 is 9.84 Å². The van der Waals surface area contributed by atoms with Crippen molar-refractivity contribution in [2.45, 2.75) is 44.6 Å². The van der Waals surface area contributed by atoms with Gasteiger partial charge in [0.05, 0.1) is 18.8 Å². The maximum atomic E-state index is 12.4. The number of hydrogen-bond acceptors (Lipinski definition) is 3. The topological polar surface area (TPSA) is 32.7 Å². The Balaban J connectivity index is 1.51. The van der Waals surface area contributed by atoms with Crippen LogP contribution in [-0.2, 0) is 16.9 Å². The molecule has 2 aliphatic rings. The Labute approximate surface area is 185 Å². The zero-order chi connectivity index (χ0) is 21.4. The van der Waals surface area contributed by atoms with Gasteiger partial charge in [-0.15, -0.1) is 0 Å². The monoisotopic (exact) mass is 413 g/mol. The summed E-state index contributed by atoms with van der Waals surface area (Å²) in [5.41, 5.74) is 4.47. The van der Waals surface area contributed by atoms with E-state index in [-0.39, 0.29) is 12.1 Å². The van der Waals surface area contributed by atoms with Crippen molar-refractivity contribution in [1.82, 2.24) is 4.90 Å². The van der Waals surface area contributed by atoms with Crippen molar-refractivity contribution in [1.29, 1.82) is 0 Å². The Morgan fingerprint density at radius 3 is 2.06 bits per heavy atom. The van der Waals surface area contributed by atoms with Gasteiger partial charge in [0, 0.05) is 12.5 Å². The van der Waals surface area contributed by atoms with Crippen molar-refractivity contribution in [3.63, 3.8) is 0 Å². The smallest absolute Gasteiger partial charge is 0.133 e. The minimum atomic E-state index is -1.12. The quantitative estimate of drug-likeness (QED) is 0.628. The third-order valence-electron chi connectivity index (χ3n) is 7.01. The Morgan fingerprint density at radius 1 is 0.903 bits per heavy atom. The molecule has 0 aliphatic carbocycles. The molecule has 31 heavy (non-hydrogen) atoms. The number of aryl methyl sites for hydroxylation is 2. The molecule has 0 aromatic heterocycles. The standard InChI is InChI=1S/C28H31NO2/c1-20-15-21(2)17-22(16-20)19-31-26-23-13-14-29(18-23)27(26)28(30,24-9-5-3-6-10-24)25-11-7-4-8-12-25/h3-12,15-17,23,26-27,30H,13-14,18-19H2,1-2H3/t23-,26+,27-/m0/s1. The molecule has 0 radical (unpaired) electrons. The number of rotatable bonds is 6. The van der Waals surface area contributed by atoms with Gasteiger partial charge in [0.1, 0.15) is 5.60 Å². The van der Waals surface area contributed by atoms with Crippen molar-refractivity contribution < 1.29 is 9.84 Å². The molecule has 2 aliphatic heterocycles. The molecule has 5 rings (SSSR count). The van der Waals surface area contributed by atoms with E-state index in [2.05, 4.69) is 36.9 Å². The molecule has 2 heterocycles. The van der Waals surface area contributed by atoms with Crippen molar-refractivity contribution in [2.75, 3.05) is 13.1 Å². The van der Waals surface area contributed by atoms with Gasteiger partial charge in [-0.3, -0.25) is 4.90 Å². The summed E-state index contributed by atoms with van der Waals surface area (Å²) in [6.07, 6.45) is 1.12. The van der Waals surface area contributed by atoms with Crippen LogP contribution in [0.3, 0.4) is 0 Å². The van der Waals surface area contributed by atoms with Gasteiger partial charge in [-0.2, -0.15) is 0 Å². The molecule has 2 fully saturated rings. The van der Waals surface area contributed by atoms with Gasteiger partial charge in [-0.1, -0.05) is 90.0 Å². The van der Waals surface area contributed by atoms with Gasteiger partial charge in [0.25, 0.3) is 0 Å². The summed E-state index contributed by atoms with van der Waals surface area (Å²) in [6, 6.07) is 26.7. The van der Waals surface area contributed by atoms with Crippen molar-refractivity contribution in [2.24, 2.45) is 5.92 Å². The van der Waals surface area contributed by atoms with Crippen molar-refractivity contribution in [3.05, 3.63) is 107 Å². The Bertz CT molecular complexity index is 974. The number of piperidine rings is 1. The van der Waals surface area contributed by atoms with E-state index in [4.69, 9.17) is 4.74 Å². The van der Waals surface area contributed by atoms with Gasteiger partial charge in [0.2, 0.25) is 0 Å². The second kappa shape index (κ2) is 8.23. The van der Waals surface area contributed by atoms with Crippen LogP contribution in [-0.4, -0.2) is 35.2 Å². The Kier molecular flexibility index (Phi) is 5.43. The number of nitrogens with zero attached hydrogens (tertiary/aromatic N) is 1. The van der Waals surface area contributed by atoms with Crippen LogP contribution in [0, 0.1) is 19.8 Å². The fourth-order valence-corrected chi connectivity index (χ4v) is 5.77. The average molecular weight is 414 g/mol.